The van der Waals surface area contributed by atoms with Crippen molar-refractivity contribution in [3.05, 3.63) is 39.4 Å². The van der Waals surface area contributed by atoms with Crippen molar-refractivity contribution in [2.75, 3.05) is 13.2 Å². The molecular weight excluding hydrogens is 248 g/mol. The molecule has 0 radical (unpaired) electrons. The lowest BCUT2D eigenvalue weighted by atomic mass is 10.1. The van der Waals surface area contributed by atoms with Gasteiger partial charge in [-0.25, -0.2) is 0 Å². The van der Waals surface area contributed by atoms with E-state index in [0.29, 0.717) is 24.1 Å². The van der Waals surface area contributed by atoms with E-state index < -0.39 is 4.92 Å². The third kappa shape index (κ3) is 4.33. The molecule has 0 heterocycles. The van der Waals surface area contributed by atoms with Crippen molar-refractivity contribution in [3.8, 4) is 0 Å². The van der Waals surface area contributed by atoms with E-state index in [1.165, 1.54) is 18.2 Å². The summed E-state index contributed by atoms with van der Waals surface area (Å²) in [5, 5.41) is 22.2. The molecule has 0 aliphatic carbocycles. The van der Waals surface area contributed by atoms with Gasteiger partial charge in [-0.2, -0.15) is 0 Å². The van der Waals surface area contributed by atoms with Gasteiger partial charge in [0.15, 0.2) is 0 Å². The van der Waals surface area contributed by atoms with Crippen LogP contribution >= 0.6 is 0 Å². The second-order valence-electron chi connectivity index (χ2n) is 4.59. The average Bonchev–Trinajstić information content (AvgIpc) is 2.35. The summed E-state index contributed by atoms with van der Waals surface area (Å²) in [6.45, 7) is 4.09. The van der Waals surface area contributed by atoms with Gasteiger partial charge in [0.05, 0.1) is 4.92 Å². The first-order chi connectivity index (χ1) is 8.95. The number of hydrogen-bond donors (Lipinski definition) is 2. The molecule has 104 valence electrons. The maximum Gasteiger partial charge on any atom is 0.272 e. The first-order valence-corrected chi connectivity index (χ1v) is 6.09. The summed E-state index contributed by atoms with van der Waals surface area (Å²) in [5.74, 6) is -0.0733. The number of hydrogen-bond acceptors (Lipinski definition) is 4. The Morgan fingerprint density at radius 1 is 1.53 bits per heavy atom. The van der Waals surface area contributed by atoms with Crippen LogP contribution in [0.4, 0.5) is 5.69 Å². The van der Waals surface area contributed by atoms with Crippen LogP contribution in [0, 0.1) is 23.0 Å². The second-order valence-corrected chi connectivity index (χ2v) is 4.59. The van der Waals surface area contributed by atoms with Gasteiger partial charge in [0, 0.05) is 30.3 Å². The average molecular weight is 266 g/mol. The number of nitro benzene ring substituents is 1. The van der Waals surface area contributed by atoms with E-state index in [0.717, 1.165) is 0 Å². The standard InChI is InChI=1S/C13H18N2O4/c1-9(5-6-16)8-14-13(17)11-3-4-12(15(18)19)10(2)7-11/h3-4,7,9,16H,5-6,8H2,1-2H3,(H,14,17). The van der Waals surface area contributed by atoms with Gasteiger partial charge in [-0.1, -0.05) is 6.92 Å². The molecule has 6 heteroatoms. The van der Waals surface area contributed by atoms with Crippen LogP contribution in [0.15, 0.2) is 18.2 Å². The number of carbonyl (C=O) groups excluding carboxylic acids is 1. The predicted molar refractivity (Wildman–Crippen MR) is 71.0 cm³/mol. The molecule has 1 rings (SSSR count). The van der Waals surface area contributed by atoms with E-state index in [4.69, 9.17) is 5.11 Å². The van der Waals surface area contributed by atoms with Crippen molar-refractivity contribution in [2.45, 2.75) is 20.3 Å². The molecule has 19 heavy (non-hydrogen) atoms. The lowest BCUT2D eigenvalue weighted by molar-refractivity contribution is -0.385. The number of nitrogens with one attached hydrogen (secondary N) is 1. The minimum atomic E-state index is -0.472. The SMILES string of the molecule is Cc1cc(C(=O)NCC(C)CCO)ccc1[N+](=O)[O-]. The van der Waals surface area contributed by atoms with Crippen LogP contribution in [0.25, 0.3) is 0 Å². The smallest absolute Gasteiger partial charge is 0.272 e. The van der Waals surface area contributed by atoms with Gasteiger partial charge in [0.25, 0.3) is 11.6 Å². The predicted octanol–water partition coefficient (Wildman–Crippen LogP) is 1.65. The Kier molecular flexibility index (Phi) is 5.44. The highest BCUT2D eigenvalue weighted by atomic mass is 16.6. The van der Waals surface area contributed by atoms with E-state index in [1.54, 1.807) is 6.92 Å². The van der Waals surface area contributed by atoms with Crippen molar-refractivity contribution in [1.82, 2.24) is 5.32 Å². The fourth-order valence-electron chi connectivity index (χ4n) is 1.69. The lowest BCUT2D eigenvalue weighted by Gasteiger charge is -2.11. The number of aliphatic hydroxyl groups excluding tert-OH is 1. The Morgan fingerprint density at radius 3 is 2.74 bits per heavy atom. The highest BCUT2D eigenvalue weighted by molar-refractivity contribution is 5.94. The van der Waals surface area contributed by atoms with Crippen LogP contribution in [0.3, 0.4) is 0 Å². The van der Waals surface area contributed by atoms with Crippen molar-refractivity contribution < 1.29 is 14.8 Å². The molecule has 1 aromatic rings. The maximum absolute atomic E-state index is 11.8. The van der Waals surface area contributed by atoms with Crippen LogP contribution in [-0.4, -0.2) is 29.1 Å². The molecule has 1 atom stereocenters. The molecule has 6 nitrogen and oxygen atoms in total. The summed E-state index contributed by atoms with van der Waals surface area (Å²) < 4.78 is 0. The van der Waals surface area contributed by atoms with Crippen LogP contribution in [0.1, 0.15) is 29.3 Å². The molecule has 0 saturated carbocycles. The fraction of sp³-hybridized carbons (Fsp3) is 0.462. The summed E-state index contributed by atoms with van der Waals surface area (Å²) in [5.41, 5.74) is 0.866. The van der Waals surface area contributed by atoms with Crippen molar-refractivity contribution in [1.29, 1.82) is 0 Å². The zero-order valence-corrected chi connectivity index (χ0v) is 11.0. The van der Waals surface area contributed by atoms with Crippen molar-refractivity contribution in [3.63, 3.8) is 0 Å². The first-order valence-electron chi connectivity index (χ1n) is 6.09. The van der Waals surface area contributed by atoms with E-state index in [-0.39, 0.29) is 24.1 Å². The monoisotopic (exact) mass is 266 g/mol. The molecule has 1 amide bonds. The number of aryl methyl sites for hydroxylation is 1. The largest absolute Gasteiger partial charge is 0.396 e. The Hall–Kier alpha value is -1.95. The molecule has 0 saturated heterocycles. The quantitative estimate of drug-likeness (QED) is 0.605. The Balaban J connectivity index is 2.68. The highest BCUT2D eigenvalue weighted by Crippen LogP contribution is 2.18. The van der Waals surface area contributed by atoms with Gasteiger partial charge in [0.1, 0.15) is 0 Å². The van der Waals surface area contributed by atoms with Gasteiger partial charge in [0.2, 0.25) is 0 Å². The van der Waals surface area contributed by atoms with Crippen molar-refractivity contribution >= 4 is 11.6 Å². The topological polar surface area (TPSA) is 92.5 Å². The molecule has 0 fully saturated rings. The van der Waals surface area contributed by atoms with Crippen LogP contribution in [-0.2, 0) is 0 Å². The fourth-order valence-corrected chi connectivity index (χ4v) is 1.69. The molecule has 0 spiro atoms. The third-order valence-electron chi connectivity index (χ3n) is 2.89. The Labute approximate surface area is 111 Å². The van der Waals surface area contributed by atoms with E-state index >= 15 is 0 Å². The molecule has 0 aromatic heterocycles. The van der Waals surface area contributed by atoms with Gasteiger partial charge in [-0.3, -0.25) is 14.9 Å². The minimum Gasteiger partial charge on any atom is -0.396 e. The summed E-state index contributed by atoms with van der Waals surface area (Å²) in [7, 11) is 0. The minimum absolute atomic E-state index is 0.00481. The third-order valence-corrected chi connectivity index (χ3v) is 2.89. The molecule has 1 aromatic carbocycles. The van der Waals surface area contributed by atoms with E-state index in [2.05, 4.69) is 5.32 Å². The van der Waals surface area contributed by atoms with Gasteiger partial charge in [-0.15, -0.1) is 0 Å². The summed E-state index contributed by atoms with van der Waals surface area (Å²) >= 11 is 0. The summed E-state index contributed by atoms with van der Waals surface area (Å²) in [6, 6.07) is 4.28. The van der Waals surface area contributed by atoms with Crippen LogP contribution < -0.4 is 5.32 Å². The Morgan fingerprint density at radius 2 is 2.21 bits per heavy atom. The highest BCUT2D eigenvalue weighted by Gasteiger charge is 2.14. The number of nitrogens with zero attached hydrogens (tertiary/aromatic N) is 1. The van der Waals surface area contributed by atoms with Crippen LogP contribution in [0.5, 0.6) is 0 Å². The number of carbonyl (C=O) groups is 1. The van der Waals surface area contributed by atoms with E-state index in [1.807, 2.05) is 6.92 Å². The maximum atomic E-state index is 11.8. The molecular formula is C13H18N2O4. The second kappa shape index (κ2) is 6.84. The van der Waals surface area contributed by atoms with Crippen LogP contribution in [0.2, 0.25) is 0 Å². The van der Waals surface area contributed by atoms with Gasteiger partial charge in [-0.05, 0) is 31.4 Å². The van der Waals surface area contributed by atoms with E-state index in [9.17, 15) is 14.9 Å². The van der Waals surface area contributed by atoms with Gasteiger partial charge < -0.3 is 10.4 Å². The lowest BCUT2D eigenvalue weighted by Crippen LogP contribution is -2.28. The van der Waals surface area contributed by atoms with Gasteiger partial charge >= 0.3 is 0 Å². The number of aliphatic hydroxyl groups is 1. The summed E-state index contributed by atoms with van der Waals surface area (Å²) in [6.07, 6.45) is 0.625. The first kappa shape index (κ1) is 15.1. The number of benzene rings is 1. The molecule has 1 unspecified atom stereocenters. The normalized spacial score (nSPS) is 11.9. The number of nitro groups is 1. The molecule has 2 N–H and O–H groups in total. The Bertz CT molecular complexity index is 474. The molecule has 0 bridgehead atoms. The number of amides is 1. The van der Waals surface area contributed by atoms with Crippen molar-refractivity contribution in [2.24, 2.45) is 5.92 Å². The summed E-state index contributed by atoms with van der Waals surface area (Å²) in [4.78, 5) is 22.0. The zero-order chi connectivity index (χ0) is 14.4. The zero-order valence-electron chi connectivity index (χ0n) is 11.0. The molecule has 0 aliphatic heterocycles. The number of rotatable bonds is 6. The molecule has 0 aliphatic rings.